The summed E-state index contributed by atoms with van der Waals surface area (Å²) in [4.78, 5) is 16.1. The molecule has 3 saturated heterocycles. The average Bonchev–Trinajstić information content (AvgIpc) is 2.61. The second-order valence-electron chi connectivity index (χ2n) is 8.13. The van der Waals surface area contributed by atoms with E-state index >= 15 is 0 Å². The zero-order valence-electron chi connectivity index (χ0n) is 16.1. The van der Waals surface area contributed by atoms with E-state index in [1.807, 2.05) is 0 Å². The number of ether oxygens (including phenoxy) is 3. The van der Waals surface area contributed by atoms with Crippen LogP contribution in [0.2, 0.25) is 0 Å². The molecule has 1 N–H and O–H groups in total. The molecule has 4 atom stereocenters. The van der Waals surface area contributed by atoms with Gasteiger partial charge in [0.1, 0.15) is 0 Å². The molecule has 0 aromatic heterocycles. The fraction of sp³-hybridized carbons (Fsp3) is 0.947. The number of rotatable bonds is 4. The maximum absolute atomic E-state index is 12.0. The molecule has 7 nitrogen and oxygen atoms in total. The molecule has 0 aromatic carbocycles. The minimum Gasteiger partial charge on any atom is -0.389 e. The van der Waals surface area contributed by atoms with Gasteiger partial charge in [-0.15, -0.1) is 0 Å². The summed E-state index contributed by atoms with van der Waals surface area (Å²) in [6.45, 7) is 4.11. The van der Waals surface area contributed by atoms with Gasteiger partial charge in [0.25, 0.3) is 0 Å². The van der Waals surface area contributed by atoms with Gasteiger partial charge in [0.15, 0.2) is 0 Å². The highest BCUT2D eigenvalue weighted by Crippen LogP contribution is 2.29. The molecule has 1 amide bonds. The summed E-state index contributed by atoms with van der Waals surface area (Å²) in [5, 5.41) is 10.3. The first-order chi connectivity index (χ1) is 12.5. The lowest BCUT2D eigenvalue weighted by molar-refractivity contribution is -0.161. The van der Waals surface area contributed by atoms with E-state index in [1.165, 1.54) is 0 Å². The number of carbonyl (C=O) groups is 1. The summed E-state index contributed by atoms with van der Waals surface area (Å²) in [7, 11) is 3.56. The van der Waals surface area contributed by atoms with Crippen LogP contribution in [0, 0.1) is 5.92 Å². The topological polar surface area (TPSA) is 71.5 Å². The van der Waals surface area contributed by atoms with Crippen molar-refractivity contribution in [1.82, 2.24) is 9.80 Å². The van der Waals surface area contributed by atoms with Crippen molar-refractivity contribution in [3.8, 4) is 0 Å². The normalized spacial score (nSPS) is 34.6. The van der Waals surface area contributed by atoms with Gasteiger partial charge >= 0.3 is 0 Å². The van der Waals surface area contributed by atoms with Crippen molar-refractivity contribution >= 4 is 5.91 Å². The zero-order valence-corrected chi connectivity index (χ0v) is 16.1. The number of fused-ring (bicyclic) bond motifs is 1. The first-order valence-electron chi connectivity index (χ1n) is 9.96. The Labute approximate surface area is 156 Å². The Bertz CT molecular complexity index is 455. The van der Waals surface area contributed by atoms with Crippen LogP contribution in [-0.4, -0.2) is 98.8 Å². The van der Waals surface area contributed by atoms with Crippen LogP contribution in [0.1, 0.15) is 32.1 Å². The molecule has 0 aliphatic carbocycles. The summed E-state index contributed by atoms with van der Waals surface area (Å²) in [5.74, 6) is 0.722. The number of carbonyl (C=O) groups excluding carboxylic acids is 1. The number of hydrogen-bond donors (Lipinski definition) is 1. The number of amides is 1. The predicted octanol–water partition coefficient (Wildman–Crippen LogP) is 0.501. The van der Waals surface area contributed by atoms with Crippen molar-refractivity contribution in [2.45, 2.75) is 56.5 Å². The molecule has 3 aliphatic heterocycles. The van der Waals surface area contributed by atoms with Crippen molar-refractivity contribution < 1.29 is 24.1 Å². The van der Waals surface area contributed by atoms with Crippen LogP contribution in [0.5, 0.6) is 0 Å². The van der Waals surface area contributed by atoms with Gasteiger partial charge in [-0.2, -0.15) is 0 Å². The van der Waals surface area contributed by atoms with Crippen molar-refractivity contribution in [2.75, 3.05) is 53.6 Å². The maximum Gasteiger partial charge on any atom is 0.224 e. The molecule has 0 radical (unpaired) electrons. The van der Waals surface area contributed by atoms with Gasteiger partial charge in [-0.3, -0.25) is 9.69 Å². The smallest absolute Gasteiger partial charge is 0.224 e. The summed E-state index contributed by atoms with van der Waals surface area (Å²) in [6, 6.07) is 0.249. The Hall–Kier alpha value is -0.730. The van der Waals surface area contributed by atoms with Crippen molar-refractivity contribution in [1.29, 1.82) is 0 Å². The molecule has 0 aromatic rings. The Balaban J connectivity index is 1.62. The number of aliphatic hydroxyl groups excluding tert-OH is 1. The molecule has 7 heteroatoms. The lowest BCUT2D eigenvalue weighted by Gasteiger charge is -2.45. The van der Waals surface area contributed by atoms with Crippen LogP contribution in [0.3, 0.4) is 0 Å². The monoisotopic (exact) mass is 370 g/mol. The van der Waals surface area contributed by atoms with Gasteiger partial charge in [-0.05, 0) is 31.6 Å². The fourth-order valence-electron chi connectivity index (χ4n) is 4.29. The van der Waals surface area contributed by atoms with E-state index in [4.69, 9.17) is 14.2 Å². The van der Waals surface area contributed by atoms with Gasteiger partial charge in [-0.25, -0.2) is 0 Å². The lowest BCUT2D eigenvalue weighted by Crippen LogP contribution is -2.57. The third-order valence-corrected chi connectivity index (χ3v) is 5.82. The third kappa shape index (κ3) is 5.39. The molecule has 3 rings (SSSR count). The molecule has 0 saturated carbocycles. The van der Waals surface area contributed by atoms with Crippen LogP contribution in [0.15, 0.2) is 0 Å². The molecular weight excluding hydrogens is 336 g/mol. The molecule has 0 bridgehead atoms. The van der Waals surface area contributed by atoms with E-state index in [0.717, 1.165) is 45.4 Å². The van der Waals surface area contributed by atoms with E-state index in [1.54, 1.807) is 19.0 Å². The van der Waals surface area contributed by atoms with Crippen molar-refractivity contribution in [3.63, 3.8) is 0 Å². The molecule has 0 spiro atoms. The number of aliphatic hydroxyl groups is 1. The Morgan fingerprint density at radius 1 is 1.12 bits per heavy atom. The second-order valence-corrected chi connectivity index (χ2v) is 8.13. The van der Waals surface area contributed by atoms with Crippen LogP contribution in [0.25, 0.3) is 0 Å². The Morgan fingerprint density at radius 3 is 2.62 bits per heavy atom. The summed E-state index contributed by atoms with van der Waals surface area (Å²) >= 11 is 0. The molecular formula is C19H34N2O5. The van der Waals surface area contributed by atoms with E-state index in [9.17, 15) is 9.90 Å². The minimum absolute atomic E-state index is 0.0314. The Morgan fingerprint density at radius 2 is 1.88 bits per heavy atom. The second kappa shape index (κ2) is 9.46. The highest BCUT2D eigenvalue weighted by molar-refractivity contribution is 5.76. The van der Waals surface area contributed by atoms with Gasteiger partial charge in [-0.1, -0.05) is 0 Å². The van der Waals surface area contributed by atoms with E-state index < -0.39 is 6.10 Å². The van der Waals surface area contributed by atoms with Gasteiger partial charge < -0.3 is 24.2 Å². The quantitative estimate of drug-likeness (QED) is 0.777. The van der Waals surface area contributed by atoms with Crippen molar-refractivity contribution in [3.05, 3.63) is 0 Å². The minimum atomic E-state index is -0.455. The molecule has 150 valence electrons. The maximum atomic E-state index is 12.0. The van der Waals surface area contributed by atoms with Crippen LogP contribution >= 0.6 is 0 Å². The first kappa shape index (κ1) is 20.0. The molecule has 3 aliphatic rings. The fourth-order valence-corrected chi connectivity index (χ4v) is 4.29. The Kier molecular flexibility index (Phi) is 7.28. The number of hydrogen-bond acceptors (Lipinski definition) is 6. The van der Waals surface area contributed by atoms with E-state index in [-0.39, 0.29) is 24.2 Å². The SMILES string of the molecule is CN(C)C(=O)C[C@@H]1CC[C@H]2[C@@H](COC[C@@H](O)CN2CC2CCOCC2)O1. The average molecular weight is 370 g/mol. The predicted molar refractivity (Wildman–Crippen MR) is 96.9 cm³/mol. The molecule has 3 heterocycles. The zero-order chi connectivity index (χ0) is 18.5. The standard InChI is InChI=1S/C19H34N2O5/c1-20(2)19(23)9-16-3-4-17-18(26-16)13-25-12-15(22)11-21(17)10-14-5-7-24-8-6-14/h14-18,22H,3-13H2,1-2H3/t15-,16-,17-,18+/m0/s1. The summed E-state index contributed by atoms with van der Waals surface area (Å²) < 4.78 is 17.4. The number of β-amino-alcohol motifs (C(OH)–C–C–N with tert-alkyl or cyclic N) is 1. The third-order valence-electron chi connectivity index (χ3n) is 5.82. The molecule has 26 heavy (non-hydrogen) atoms. The van der Waals surface area contributed by atoms with Gasteiger partial charge in [0.2, 0.25) is 5.91 Å². The van der Waals surface area contributed by atoms with Gasteiger partial charge in [0, 0.05) is 46.4 Å². The lowest BCUT2D eigenvalue weighted by atomic mass is 9.92. The summed E-state index contributed by atoms with van der Waals surface area (Å²) in [5.41, 5.74) is 0. The van der Waals surface area contributed by atoms with E-state index in [0.29, 0.717) is 32.1 Å². The van der Waals surface area contributed by atoms with Crippen molar-refractivity contribution in [2.24, 2.45) is 5.92 Å². The largest absolute Gasteiger partial charge is 0.389 e. The number of nitrogens with zero attached hydrogens (tertiary/aromatic N) is 2. The molecule has 0 unspecified atom stereocenters. The van der Waals surface area contributed by atoms with Crippen LogP contribution in [0.4, 0.5) is 0 Å². The van der Waals surface area contributed by atoms with Crippen LogP contribution in [-0.2, 0) is 19.0 Å². The molecule has 3 fully saturated rings. The highest BCUT2D eigenvalue weighted by atomic mass is 16.5. The summed E-state index contributed by atoms with van der Waals surface area (Å²) in [6.07, 6.45) is 3.93. The first-order valence-corrected chi connectivity index (χ1v) is 9.96. The highest BCUT2D eigenvalue weighted by Gasteiger charge is 2.38. The van der Waals surface area contributed by atoms with E-state index in [2.05, 4.69) is 4.90 Å². The van der Waals surface area contributed by atoms with Crippen LogP contribution < -0.4 is 0 Å². The van der Waals surface area contributed by atoms with Gasteiger partial charge in [0.05, 0.1) is 37.9 Å².